The van der Waals surface area contributed by atoms with Crippen molar-refractivity contribution in [3.05, 3.63) is 29.8 Å². The van der Waals surface area contributed by atoms with Crippen LogP contribution in [0.15, 0.2) is 18.3 Å². The second-order valence-electron chi connectivity index (χ2n) is 4.56. The normalized spacial score (nSPS) is 19.6. The molecule has 0 saturated carbocycles. The molecule has 1 atom stereocenters. The van der Waals surface area contributed by atoms with Crippen LogP contribution in [0.2, 0.25) is 0 Å². The standard InChI is InChI=1S/C13H17FN2O/c1-2-3-10-6-7-16(9-10)13(17)11-4-5-12(14)15-8-11/h4-5,8,10H,2-3,6-7,9H2,1H3. The van der Waals surface area contributed by atoms with Gasteiger partial charge in [-0.3, -0.25) is 4.79 Å². The van der Waals surface area contributed by atoms with Crippen LogP contribution in [0.3, 0.4) is 0 Å². The number of nitrogens with zero attached hydrogens (tertiary/aromatic N) is 2. The van der Waals surface area contributed by atoms with Gasteiger partial charge in [0.25, 0.3) is 5.91 Å². The molecule has 0 N–H and O–H groups in total. The fourth-order valence-corrected chi connectivity index (χ4v) is 2.35. The predicted octanol–water partition coefficient (Wildman–Crippen LogP) is 2.48. The van der Waals surface area contributed by atoms with Gasteiger partial charge in [-0.2, -0.15) is 4.39 Å². The van der Waals surface area contributed by atoms with Gasteiger partial charge in [0.2, 0.25) is 5.95 Å². The van der Waals surface area contributed by atoms with Gasteiger partial charge in [0, 0.05) is 19.3 Å². The number of carbonyl (C=O) groups excluding carboxylic acids is 1. The van der Waals surface area contributed by atoms with Crippen molar-refractivity contribution in [3.63, 3.8) is 0 Å². The number of carbonyl (C=O) groups is 1. The highest BCUT2D eigenvalue weighted by atomic mass is 19.1. The van der Waals surface area contributed by atoms with E-state index in [1.807, 2.05) is 4.90 Å². The number of halogens is 1. The highest BCUT2D eigenvalue weighted by Gasteiger charge is 2.26. The van der Waals surface area contributed by atoms with E-state index in [4.69, 9.17) is 0 Å². The number of pyridine rings is 1. The molecule has 4 heteroatoms. The molecule has 1 aliphatic heterocycles. The van der Waals surface area contributed by atoms with Gasteiger partial charge in [-0.05, 0) is 30.9 Å². The quantitative estimate of drug-likeness (QED) is 0.755. The number of rotatable bonds is 3. The van der Waals surface area contributed by atoms with Crippen molar-refractivity contribution < 1.29 is 9.18 Å². The highest BCUT2D eigenvalue weighted by Crippen LogP contribution is 2.22. The van der Waals surface area contributed by atoms with Crippen molar-refractivity contribution in [1.82, 2.24) is 9.88 Å². The minimum Gasteiger partial charge on any atom is -0.338 e. The summed E-state index contributed by atoms with van der Waals surface area (Å²) in [7, 11) is 0. The Morgan fingerprint density at radius 2 is 2.41 bits per heavy atom. The highest BCUT2D eigenvalue weighted by molar-refractivity contribution is 5.94. The summed E-state index contributed by atoms with van der Waals surface area (Å²) in [5.74, 6) is 0.0419. The fraction of sp³-hybridized carbons (Fsp3) is 0.538. The van der Waals surface area contributed by atoms with Crippen molar-refractivity contribution in [2.24, 2.45) is 5.92 Å². The van der Waals surface area contributed by atoms with Crippen LogP contribution in [0.5, 0.6) is 0 Å². The Morgan fingerprint density at radius 1 is 1.59 bits per heavy atom. The molecular weight excluding hydrogens is 219 g/mol. The monoisotopic (exact) mass is 236 g/mol. The molecule has 2 rings (SSSR count). The molecular formula is C13H17FN2O. The van der Waals surface area contributed by atoms with Crippen molar-refractivity contribution in [2.75, 3.05) is 13.1 Å². The van der Waals surface area contributed by atoms with Crippen LogP contribution in [0.4, 0.5) is 4.39 Å². The first-order valence-electron chi connectivity index (χ1n) is 6.11. The maximum atomic E-state index is 12.7. The lowest BCUT2D eigenvalue weighted by atomic mass is 10.0. The third-order valence-electron chi connectivity index (χ3n) is 3.24. The summed E-state index contributed by atoms with van der Waals surface area (Å²) in [5, 5.41) is 0. The van der Waals surface area contributed by atoms with Gasteiger partial charge in [0.15, 0.2) is 0 Å². The van der Waals surface area contributed by atoms with Crippen LogP contribution < -0.4 is 0 Å². The van der Waals surface area contributed by atoms with Crippen LogP contribution in [0.25, 0.3) is 0 Å². The van der Waals surface area contributed by atoms with Crippen LogP contribution in [0.1, 0.15) is 36.5 Å². The van der Waals surface area contributed by atoms with Gasteiger partial charge < -0.3 is 4.90 Å². The van der Waals surface area contributed by atoms with Gasteiger partial charge in [-0.15, -0.1) is 0 Å². The number of hydrogen-bond donors (Lipinski definition) is 0. The molecule has 3 nitrogen and oxygen atoms in total. The average Bonchev–Trinajstić information content (AvgIpc) is 2.78. The molecule has 0 aromatic carbocycles. The van der Waals surface area contributed by atoms with Crippen molar-refractivity contribution in [2.45, 2.75) is 26.2 Å². The lowest BCUT2D eigenvalue weighted by molar-refractivity contribution is 0.0786. The topological polar surface area (TPSA) is 33.2 Å². The second-order valence-corrected chi connectivity index (χ2v) is 4.56. The van der Waals surface area contributed by atoms with E-state index in [0.717, 1.165) is 25.9 Å². The number of likely N-dealkylation sites (tertiary alicyclic amines) is 1. The zero-order chi connectivity index (χ0) is 12.3. The maximum absolute atomic E-state index is 12.7. The molecule has 0 bridgehead atoms. The second kappa shape index (κ2) is 5.25. The van der Waals surface area contributed by atoms with E-state index < -0.39 is 5.95 Å². The molecule has 2 heterocycles. The third kappa shape index (κ3) is 2.81. The Balaban J connectivity index is 1.99. The van der Waals surface area contributed by atoms with Crippen LogP contribution in [-0.2, 0) is 0 Å². The molecule has 1 unspecified atom stereocenters. The number of amides is 1. The first kappa shape index (κ1) is 12.0. The van der Waals surface area contributed by atoms with Gasteiger partial charge in [0.05, 0.1) is 5.56 Å². The summed E-state index contributed by atoms with van der Waals surface area (Å²) in [6.45, 7) is 3.79. The summed E-state index contributed by atoms with van der Waals surface area (Å²) in [5.41, 5.74) is 0.476. The van der Waals surface area contributed by atoms with Crippen molar-refractivity contribution >= 4 is 5.91 Å². The lowest BCUT2D eigenvalue weighted by Crippen LogP contribution is -2.28. The number of hydrogen-bond acceptors (Lipinski definition) is 2. The zero-order valence-corrected chi connectivity index (χ0v) is 10.0. The van der Waals surface area contributed by atoms with E-state index in [2.05, 4.69) is 11.9 Å². The minimum atomic E-state index is -0.549. The summed E-state index contributed by atoms with van der Waals surface area (Å²) in [4.78, 5) is 17.4. The Morgan fingerprint density at radius 3 is 3.06 bits per heavy atom. The molecule has 17 heavy (non-hydrogen) atoms. The molecule has 1 amide bonds. The number of aromatic nitrogens is 1. The SMILES string of the molecule is CCCC1CCN(C(=O)c2ccc(F)nc2)C1. The van der Waals surface area contributed by atoms with E-state index in [1.54, 1.807) is 0 Å². The maximum Gasteiger partial charge on any atom is 0.255 e. The van der Waals surface area contributed by atoms with E-state index in [-0.39, 0.29) is 5.91 Å². The van der Waals surface area contributed by atoms with Gasteiger partial charge in [0.1, 0.15) is 0 Å². The molecule has 1 aromatic rings. The van der Waals surface area contributed by atoms with E-state index in [9.17, 15) is 9.18 Å². The first-order chi connectivity index (χ1) is 8.20. The Bertz CT molecular complexity index is 391. The van der Waals surface area contributed by atoms with E-state index >= 15 is 0 Å². The van der Waals surface area contributed by atoms with Gasteiger partial charge in [-0.25, -0.2) is 4.98 Å². The molecule has 1 fully saturated rings. The van der Waals surface area contributed by atoms with E-state index in [0.29, 0.717) is 11.5 Å². The summed E-state index contributed by atoms with van der Waals surface area (Å²) in [6, 6.07) is 2.73. The van der Waals surface area contributed by atoms with E-state index in [1.165, 1.54) is 24.8 Å². The largest absolute Gasteiger partial charge is 0.338 e. The Kier molecular flexibility index (Phi) is 3.71. The molecule has 1 aliphatic rings. The molecule has 0 aliphatic carbocycles. The Hall–Kier alpha value is -1.45. The molecule has 92 valence electrons. The van der Waals surface area contributed by atoms with Crippen LogP contribution >= 0.6 is 0 Å². The minimum absolute atomic E-state index is 0.0314. The lowest BCUT2D eigenvalue weighted by Gasteiger charge is -2.16. The first-order valence-corrected chi connectivity index (χ1v) is 6.11. The molecule has 1 saturated heterocycles. The van der Waals surface area contributed by atoms with Crippen molar-refractivity contribution in [3.8, 4) is 0 Å². The van der Waals surface area contributed by atoms with Gasteiger partial charge >= 0.3 is 0 Å². The fourth-order valence-electron chi connectivity index (χ4n) is 2.35. The molecule has 1 aromatic heterocycles. The van der Waals surface area contributed by atoms with Gasteiger partial charge in [-0.1, -0.05) is 13.3 Å². The predicted molar refractivity (Wildman–Crippen MR) is 63.1 cm³/mol. The van der Waals surface area contributed by atoms with Crippen LogP contribution in [0, 0.1) is 11.9 Å². The zero-order valence-electron chi connectivity index (χ0n) is 10.0. The third-order valence-corrected chi connectivity index (χ3v) is 3.24. The summed E-state index contributed by atoms with van der Waals surface area (Å²) in [6.07, 6.45) is 4.72. The molecule has 0 spiro atoms. The van der Waals surface area contributed by atoms with Crippen molar-refractivity contribution in [1.29, 1.82) is 0 Å². The Labute approximate surface area is 101 Å². The smallest absolute Gasteiger partial charge is 0.255 e. The summed E-state index contributed by atoms with van der Waals surface area (Å²) < 4.78 is 12.7. The van der Waals surface area contributed by atoms with Crippen LogP contribution in [-0.4, -0.2) is 28.9 Å². The summed E-state index contributed by atoms with van der Waals surface area (Å²) >= 11 is 0. The molecule has 0 radical (unpaired) electrons. The average molecular weight is 236 g/mol.